The topological polar surface area (TPSA) is 67.1 Å². The normalized spacial score (nSPS) is 17.0. The van der Waals surface area contributed by atoms with E-state index in [4.69, 9.17) is 4.98 Å². The monoisotopic (exact) mass is 412 g/mol. The van der Waals surface area contributed by atoms with Gasteiger partial charge in [0.25, 0.3) is 0 Å². The van der Waals surface area contributed by atoms with E-state index in [-0.39, 0.29) is 6.04 Å². The quantitative estimate of drug-likeness (QED) is 0.531. The molecule has 1 unspecified atom stereocenters. The van der Waals surface area contributed by atoms with Gasteiger partial charge in [0, 0.05) is 35.9 Å². The van der Waals surface area contributed by atoms with Crippen LogP contribution in [0.5, 0.6) is 0 Å². The Kier molecular flexibility index (Phi) is 4.69. The van der Waals surface area contributed by atoms with E-state index in [1.54, 1.807) is 12.3 Å². The summed E-state index contributed by atoms with van der Waals surface area (Å²) in [5, 5.41) is 8.67. The van der Waals surface area contributed by atoms with E-state index in [0.29, 0.717) is 22.9 Å². The largest absolute Gasteiger partial charge is 0.350 e. The zero-order chi connectivity index (χ0) is 19.8. The van der Waals surface area contributed by atoms with Crippen molar-refractivity contribution in [3.63, 3.8) is 0 Å². The third kappa shape index (κ3) is 3.47. The van der Waals surface area contributed by atoms with Crippen LogP contribution in [0.3, 0.4) is 0 Å². The molecule has 1 atom stereocenters. The van der Waals surface area contributed by atoms with Crippen LogP contribution in [0.1, 0.15) is 12.8 Å². The van der Waals surface area contributed by atoms with E-state index < -0.39 is 11.6 Å². The van der Waals surface area contributed by atoms with Crippen molar-refractivity contribution in [2.45, 2.75) is 18.9 Å². The van der Waals surface area contributed by atoms with Gasteiger partial charge in [-0.15, -0.1) is 11.3 Å². The maximum Gasteiger partial charge on any atom is 0.223 e. The molecular weight excluding hydrogens is 394 g/mol. The molecule has 0 spiro atoms. The summed E-state index contributed by atoms with van der Waals surface area (Å²) in [6, 6.07) is 5.89. The average Bonchev–Trinajstić information content (AvgIpc) is 3.32. The van der Waals surface area contributed by atoms with Crippen LogP contribution in [-0.4, -0.2) is 38.5 Å². The van der Waals surface area contributed by atoms with Crippen LogP contribution in [0.15, 0.2) is 42.0 Å². The van der Waals surface area contributed by atoms with Gasteiger partial charge in [0.15, 0.2) is 16.6 Å². The maximum absolute atomic E-state index is 13.9. The second-order valence-corrected chi connectivity index (χ2v) is 7.82. The number of rotatable bonds is 4. The number of nitrogens with one attached hydrogen (secondary N) is 2. The Balaban J connectivity index is 1.58. The first-order valence-corrected chi connectivity index (χ1v) is 10.3. The molecule has 3 aromatic heterocycles. The van der Waals surface area contributed by atoms with Gasteiger partial charge in [-0.3, -0.25) is 4.40 Å². The number of nitrogens with zero attached hydrogens (tertiary/aromatic N) is 4. The van der Waals surface area contributed by atoms with Crippen molar-refractivity contribution in [2.75, 3.05) is 18.4 Å². The summed E-state index contributed by atoms with van der Waals surface area (Å²) >= 11 is 1.47. The molecule has 1 aliphatic heterocycles. The molecule has 29 heavy (non-hydrogen) atoms. The number of benzene rings is 1. The molecule has 1 aromatic carbocycles. The molecule has 0 amide bonds. The lowest BCUT2D eigenvalue weighted by Gasteiger charge is -2.23. The molecule has 6 nitrogen and oxygen atoms in total. The summed E-state index contributed by atoms with van der Waals surface area (Å²) in [7, 11) is 0. The summed E-state index contributed by atoms with van der Waals surface area (Å²) in [5.74, 6) is -1.25. The van der Waals surface area contributed by atoms with Crippen molar-refractivity contribution >= 4 is 22.2 Å². The van der Waals surface area contributed by atoms with Gasteiger partial charge in [-0.25, -0.2) is 23.7 Å². The maximum atomic E-state index is 13.9. The van der Waals surface area contributed by atoms with E-state index in [1.165, 1.54) is 23.5 Å². The number of hydrogen-bond donors (Lipinski definition) is 2. The molecule has 148 valence electrons. The first-order valence-electron chi connectivity index (χ1n) is 9.41. The number of anilines is 1. The summed E-state index contributed by atoms with van der Waals surface area (Å²) in [4.78, 5) is 14.4. The SMILES string of the molecule is Fc1ccc(-c2nc3sccn3c2-c2ccnc(NC3CCCNC3)n2)cc1F. The molecule has 1 aliphatic rings. The predicted octanol–water partition coefficient (Wildman–Crippen LogP) is 3.96. The van der Waals surface area contributed by atoms with Crippen LogP contribution in [0.25, 0.3) is 27.6 Å². The number of hydrogen-bond acceptors (Lipinski definition) is 6. The number of imidazole rings is 1. The molecule has 0 aliphatic carbocycles. The highest BCUT2D eigenvalue weighted by Gasteiger charge is 2.20. The number of thiazole rings is 1. The number of piperidine rings is 1. The van der Waals surface area contributed by atoms with E-state index in [9.17, 15) is 8.78 Å². The predicted molar refractivity (Wildman–Crippen MR) is 109 cm³/mol. The van der Waals surface area contributed by atoms with Gasteiger partial charge < -0.3 is 10.6 Å². The van der Waals surface area contributed by atoms with E-state index in [1.807, 2.05) is 16.0 Å². The van der Waals surface area contributed by atoms with E-state index in [0.717, 1.165) is 42.7 Å². The minimum absolute atomic E-state index is 0.274. The molecule has 0 radical (unpaired) electrons. The standard InChI is InChI=1S/C20H18F2N6S/c21-14-4-3-12(10-15(14)22)17-18(28-8-9-29-20(28)27-17)16-5-7-24-19(26-16)25-13-2-1-6-23-11-13/h3-5,7-10,13,23H,1-2,6,11H2,(H,24,25,26). The number of fused-ring (bicyclic) bond motifs is 1. The van der Waals surface area contributed by atoms with Gasteiger partial charge in [0.05, 0.1) is 11.4 Å². The van der Waals surface area contributed by atoms with Gasteiger partial charge in [-0.05, 0) is 43.7 Å². The Morgan fingerprint density at radius 2 is 2.10 bits per heavy atom. The molecule has 4 heterocycles. The Morgan fingerprint density at radius 3 is 2.93 bits per heavy atom. The second kappa shape index (κ2) is 7.49. The number of aromatic nitrogens is 4. The fourth-order valence-electron chi connectivity index (χ4n) is 3.59. The molecule has 2 N–H and O–H groups in total. The fraction of sp³-hybridized carbons (Fsp3) is 0.250. The lowest BCUT2D eigenvalue weighted by Crippen LogP contribution is -2.38. The van der Waals surface area contributed by atoms with Crippen LogP contribution in [0.4, 0.5) is 14.7 Å². The highest BCUT2D eigenvalue weighted by molar-refractivity contribution is 7.15. The third-order valence-electron chi connectivity index (χ3n) is 4.98. The lowest BCUT2D eigenvalue weighted by molar-refractivity contribution is 0.478. The van der Waals surface area contributed by atoms with Crippen LogP contribution < -0.4 is 10.6 Å². The second-order valence-electron chi connectivity index (χ2n) is 6.95. The van der Waals surface area contributed by atoms with E-state index in [2.05, 4.69) is 20.6 Å². The molecule has 0 bridgehead atoms. The minimum atomic E-state index is -0.903. The van der Waals surface area contributed by atoms with Crippen LogP contribution in [0.2, 0.25) is 0 Å². The molecule has 5 rings (SSSR count). The van der Waals surface area contributed by atoms with Gasteiger partial charge in [-0.2, -0.15) is 0 Å². The van der Waals surface area contributed by atoms with Crippen molar-refractivity contribution in [2.24, 2.45) is 0 Å². The molecule has 1 fully saturated rings. The van der Waals surface area contributed by atoms with E-state index >= 15 is 0 Å². The van der Waals surface area contributed by atoms with Crippen molar-refractivity contribution in [1.29, 1.82) is 0 Å². The van der Waals surface area contributed by atoms with Crippen molar-refractivity contribution in [3.8, 4) is 22.6 Å². The van der Waals surface area contributed by atoms with Gasteiger partial charge >= 0.3 is 0 Å². The van der Waals surface area contributed by atoms with Gasteiger partial charge in [0.1, 0.15) is 5.69 Å². The van der Waals surface area contributed by atoms with Crippen LogP contribution in [0, 0.1) is 11.6 Å². The Bertz CT molecular complexity index is 1160. The Hall–Kier alpha value is -2.91. The molecule has 4 aromatic rings. The first-order chi connectivity index (χ1) is 14.2. The summed E-state index contributed by atoms with van der Waals surface area (Å²) in [5.41, 5.74) is 2.44. The highest BCUT2D eigenvalue weighted by atomic mass is 32.1. The van der Waals surface area contributed by atoms with Gasteiger partial charge in [-0.1, -0.05) is 0 Å². The van der Waals surface area contributed by atoms with Crippen molar-refractivity contribution in [1.82, 2.24) is 24.7 Å². The number of halogens is 2. The summed E-state index contributed by atoms with van der Waals surface area (Å²) in [6.45, 7) is 1.90. The molecule has 9 heteroatoms. The van der Waals surface area contributed by atoms with Crippen LogP contribution in [-0.2, 0) is 0 Å². The first kappa shape index (κ1) is 18.1. The third-order valence-corrected chi connectivity index (χ3v) is 5.74. The zero-order valence-corrected chi connectivity index (χ0v) is 16.2. The van der Waals surface area contributed by atoms with Crippen LogP contribution >= 0.6 is 11.3 Å². The average molecular weight is 412 g/mol. The minimum Gasteiger partial charge on any atom is -0.350 e. The van der Waals surface area contributed by atoms with Crippen molar-refractivity contribution in [3.05, 3.63) is 53.7 Å². The Morgan fingerprint density at radius 1 is 1.17 bits per heavy atom. The summed E-state index contributed by atoms with van der Waals surface area (Å²) < 4.78 is 29.2. The fourth-order valence-corrected chi connectivity index (χ4v) is 4.31. The summed E-state index contributed by atoms with van der Waals surface area (Å²) in [6.07, 6.45) is 5.76. The molecular formula is C20H18F2N6S. The highest BCUT2D eigenvalue weighted by Crippen LogP contribution is 2.34. The van der Waals surface area contributed by atoms with Gasteiger partial charge in [0.2, 0.25) is 5.95 Å². The molecule has 1 saturated heterocycles. The Labute approximate surface area is 169 Å². The molecule has 0 saturated carbocycles. The zero-order valence-electron chi connectivity index (χ0n) is 15.4. The lowest BCUT2D eigenvalue weighted by atomic mass is 10.1. The van der Waals surface area contributed by atoms with Crippen molar-refractivity contribution < 1.29 is 8.78 Å². The smallest absolute Gasteiger partial charge is 0.223 e.